The summed E-state index contributed by atoms with van der Waals surface area (Å²) in [7, 11) is -3.46. The van der Waals surface area contributed by atoms with E-state index in [2.05, 4.69) is 10.3 Å². The maximum Gasteiger partial charge on any atom is 0.253 e. The van der Waals surface area contributed by atoms with Gasteiger partial charge in [-0.25, -0.2) is 13.4 Å². The summed E-state index contributed by atoms with van der Waals surface area (Å²) >= 11 is 0. The third kappa shape index (κ3) is 4.85. The van der Waals surface area contributed by atoms with Crippen molar-refractivity contribution in [3.63, 3.8) is 0 Å². The molecule has 1 saturated heterocycles. The maximum atomic E-state index is 12.7. The summed E-state index contributed by atoms with van der Waals surface area (Å²) in [5, 5.41) is 2.74. The van der Waals surface area contributed by atoms with Gasteiger partial charge in [0.05, 0.1) is 23.5 Å². The molecule has 158 valence electrons. The lowest BCUT2D eigenvalue weighted by molar-refractivity contribution is -0.0440. The number of carbonyl (C=O) groups is 1. The fourth-order valence-electron chi connectivity index (χ4n) is 3.71. The van der Waals surface area contributed by atoms with Crippen molar-refractivity contribution >= 4 is 15.9 Å². The lowest BCUT2D eigenvalue weighted by Gasteiger charge is -2.34. The van der Waals surface area contributed by atoms with Gasteiger partial charge in [-0.05, 0) is 45.9 Å². The Morgan fingerprint density at radius 3 is 2.55 bits per heavy atom. The van der Waals surface area contributed by atoms with Crippen LogP contribution in [0.25, 0.3) is 5.82 Å². The lowest BCUT2D eigenvalue weighted by Crippen LogP contribution is -2.49. The standard InChI is InChI=1S/C20H28N4O4S/c1-14-11-18(17(4)24(14)19-7-5-6-8-21-19)20(25)22-9-10-29(26,27)23-12-15(2)28-16(3)13-23/h5-8,11,15-16H,9-10,12-13H2,1-4H3,(H,22,25)/t15-,16+. The molecule has 1 aliphatic heterocycles. The van der Waals surface area contributed by atoms with Gasteiger partial charge >= 0.3 is 0 Å². The van der Waals surface area contributed by atoms with E-state index in [1.165, 1.54) is 4.31 Å². The topological polar surface area (TPSA) is 93.5 Å². The summed E-state index contributed by atoms with van der Waals surface area (Å²) in [5.74, 6) is 0.302. The van der Waals surface area contributed by atoms with Crippen LogP contribution in [-0.4, -0.2) is 65.8 Å². The smallest absolute Gasteiger partial charge is 0.253 e. The Morgan fingerprint density at radius 1 is 1.24 bits per heavy atom. The van der Waals surface area contributed by atoms with Crippen LogP contribution in [-0.2, 0) is 14.8 Å². The zero-order chi connectivity index (χ0) is 21.2. The summed E-state index contributed by atoms with van der Waals surface area (Å²) in [4.78, 5) is 17.0. The third-order valence-corrected chi connectivity index (χ3v) is 6.78. The first-order chi connectivity index (χ1) is 13.7. The number of hydrogen-bond acceptors (Lipinski definition) is 5. The Labute approximate surface area is 171 Å². The Hall–Kier alpha value is -2.23. The Morgan fingerprint density at radius 2 is 1.93 bits per heavy atom. The molecule has 0 bridgehead atoms. The van der Waals surface area contributed by atoms with Crippen LogP contribution in [0.5, 0.6) is 0 Å². The molecule has 0 saturated carbocycles. The van der Waals surface area contributed by atoms with Gasteiger partial charge in [0.15, 0.2) is 0 Å². The van der Waals surface area contributed by atoms with Crippen LogP contribution in [0.4, 0.5) is 0 Å². The predicted octanol–water partition coefficient (Wildman–Crippen LogP) is 1.66. The average molecular weight is 421 g/mol. The molecule has 2 aromatic rings. The van der Waals surface area contributed by atoms with E-state index in [0.717, 1.165) is 17.2 Å². The fraction of sp³-hybridized carbons (Fsp3) is 0.500. The largest absolute Gasteiger partial charge is 0.373 e. The quantitative estimate of drug-likeness (QED) is 0.767. The number of aromatic nitrogens is 2. The minimum atomic E-state index is -3.46. The van der Waals surface area contributed by atoms with Gasteiger partial charge in [0.1, 0.15) is 5.82 Å². The molecular formula is C20H28N4O4S. The molecule has 0 spiro atoms. The van der Waals surface area contributed by atoms with Crippen LogP contribution in [0.1, 0.15) is 35.6 Å². The van der Waals surface area contributed by atoms with E-state index in [0.29, 0.717) is 18.7 Å². The first-order valence-electron chi connectivity index (χ1n) is 9.71. The van der Waals surface area contributed by atoms with E-state index in [4.69, 9.17) is 4.74 Å². The molecule has 9 heteroatoms. The van der Waals surface area contributed by atoms with Crippen molar-refractivity contribution in [1.82, 2.24) is 19.2 Å². The normalized spacial score (nSPS) is 20.6. The van der Waals surface area contributed by atoms with Crippen LogP contribution >= 0.6 is 0 Å². The second-order valence-electron chi connectivity index (χ2n) is 7.45. The number of rotatable bonds is 6. The first kappa shape index (κ1) is 21.5. The van der Waals surface area contributed by atoms with Gasteiger partial charge in [0.2, 0.25) is 10.0 Å². The van der Waals surface area contributed by atoms with Crippen LogP contribution in [0, 0.1) is 13.8 Å². The average Bonchev–Trinajstić information content (AvgIpc) is 2.96. The lowest BCUT2D eigenvalue weighted by atomic mass is 10.2. The number of morpholine rings is 1. The van der Waals surface area contributed by atoms with Crippen molar-refractivity contribution in [3.8, 4) is 5.82 Å². The Kier molecular flexibility index (Phi) is 6.40. The number of nitrogens with zero attached hydrogens (tertiary/aromatic N) is 3. The Balaban J connectivity index is 1.64. The highest BCUT2D eigenvalue weighted by Crippen LogP contribution is 2.19. The van der Waals surface area contributed by atoms with E-state index in [1.807, 2.05) is 50.5 Å². The highest BCUT2D eigenvalue weighted by molar-refractivity contribution is 7.89. The van der Waals surface area contributed by atoms with Crippen molar-refractivity contribution in [3.05, 3.63) is 47.4 Å². The second kappa shape index (κ2) is 8.64. The van der Waals surface area contributed by atoms with E-state index in [1.54, 1.807) is 12.3 Å². The van der Waals surface area contributed by atoms with Crippen LogP contribution in [0.15, 0.2) is 30.5 Å². The van der Waals surface area contributed by atoms with E-state index >= 15 is 0 Å². The molecule has 0 unspecified atom stereocenters. The molecule has 3 heterocycles. The van der Waals surface area contributed by atoms with Crippen molar-refractivity contribution in [2.24, 2.45) is 0 Å². The van der Waals surface area contributed by atoms with Crippen molar-refractivity contribution < 1.29 is 17.9 Å². The SMILES string of the molecule is Cc1cc(C(=O)NCCS(=O)(=O)N2C[C@@H](C)O[C@@H](C)C2)c(C)n1-c1ccccn1. The van der Waals surface area contributed by atoms with Crippen molar-refractivity contribution in [2.45, 2.75) is 39.9 Å². The van der Waals surface area contributed by atoms with Crippen LogP contribution in [0.3, 0.4) is 0 Å². The van der Waals surface area contributed by atoms with Crippen molar-refractivity contribution in [1.29, 1.82) is 0 Å². The zero-order valence-corrected chi connectivity index (χ0v) is 18.1. The number of hydrogen-bond donors (Lipinski definition) is 1. The highest BCUT2D eigenvalue weighted by atomic mass is 32.2. The number of aryl methyl sites for hydroxylation is 1. The fourth-order valence-corrected chi connectivity index (χ4v) is 5.20. The summed E-state index contributed by atoms with van der Waals surface area (Å²) in [6.45, 7) is 8.20. The van der Waals surface area contributed by atoms with Crippen LogP contribution < -0.4 is 5.32 Å². The first-order valence-corrected chi connectivity index (χ1v) is 11.3. The van der Waals surface area contributed by atoms with E-state index in [-0.39, 0.29) is 30.4 Å². The molecule has 3 rings (SSSR count). The molecule has 2 aromatic heterocycles. The molecule has 1 aliphatic rings. The minimum absolute atomic E-state index is 0.0501. The van der Waals surface area contributed by atoms with E-state index < -0.39 is 10.0 Å². The van der Waals surface area contributed by atoms with Gasteiger partial charge in [-0.3, -0.25) is 4.79 Å². The monoisotopic (exact) mass is 420 g/mol. The summed E-state index contributed by atoms with van der Waals surface area (Å²) in [6, 6.07) is 7.39. The van der Waals surface area contributed by atoms with Gasteiger partial charge in [0, 0.05) is 37.2 Å². The molecule has 1 fully saturated rings. The maximum absolute atomic E-state index is 12.7. The number of nitrogens with one attached hydrogen (secondary N) is 1. The molecule has 1 N–H and O–H groups in total. The molecule has 8 nitrogen and oxygen atoms in total. The molecule has 0 aliphatic carbocycles. The zero-order valence-electron chi connectivity index (χ0n) is 17.3. The molecule has 0 radical (unpaired) electrons. The molecule has 0 aromatic carbocycles. The summed E-state index contributed by atoms with van der Waals surface area (Å²) < 4.78 is 34.2. The molecular weight excluding hydrogens is 392 g/mol. The van der Waals surface area contributed by atoms with Crippen molar-refractivity contribution in [2.75, 3.05) is 25.4 Å². The number of carbonyl (C=O) groups excluding carboxylic acids is 1. The summed E-state index contributed by atoms with van der Waals surface area (Å²) in [5.41, 5.74) is 2.16. The summed E-state index contributed by atoms with van der Waals surface area (Å²) in [6.07, 6.45) is 1.42. The minimum Gasteiger partial charge on any atom is -0.373 e. The van der Waals surface area contributed by atoms with Gasteiger partial charge in [-0.15, -0.1) is 0 Å². The number of sulfonamides is 1. The number of ether oxygens (including phenoxy) is 1. The van der Waals surface area contributed by atoms with Gasteiger partial charge in [-0.2, -0.15) is 4.31 Å². The molecule has 2 atom stereocenters. The number of amides is 1. The van der Waals surface area contributed by atoms with Gasteiger partial charge < -0.3 is 14.6 Å². The Bertz CT molecular complexity index is 962. The third-order valence-electron chi connectivity index (χ3n) is 4.98. The predicted molar refractivity (Wildman–Crippen MR) is 111 cm³/mol. The van der Waals surface area contributed by atoms with Gasteiger partial charge in [0.25, 0.3) is 5.91 Å². The molecule has 1 amide bonds. The van der Waals surface area contributed by atoms with E-state index in [9.17, 15) is 13.2 Å². The van der Waals surface area contributed by atoms with Crippen LogP contribution in [0.2, 0.25) is 0 Å². The highest BCUT2D eigenvalue weighted by Gasteiger charge is 2.30. The molecule has 29 heavy (non-hydrogen) atoms. The van der Waals surface area contributed by atoms with Gasteiger partial charge in [-0.1, -0.05) is 6.07 Å². The number of pyridine rings is 1. The second-order valence-corrected chi connectivity index (χ2v) is 9.54.